The summed E-state index contributed by atoms with van der Waals surface area (Å²) in [6.07, 6.45) is 3.33. The minimum atomic E-state index is -0.950. The number of nitrogens with one attached hydrogen (secondary N) is 1. The van der Waals surface area contributed by atoms with Gasteiger partial charge < -0.3 is 34.4 Å². The fourth-order valence-corrected chi connectivity index (χ4v) is 4.18. The maximum atomic E-state index is 13.6. The Labute approximate surface area is 212 Å². The number of anilines is 2. The molecule has 1 fully saturated rings. The second-order valence-corrected chi connectivity index (χ2v) is 10.5. The number of fused-ring (bicyclic) bond motifs is 1. The number of carbonyl (C=O) groups is 2. The first-order valence-corrected chi connectivity index (χ1v) is 12.5. The Morgan fingerprint density at radius 1 is 1.29 bits per heavy atom. The topological polar surface area (TPSA) is 101 Å². The molecule has 2 aliphatic rings. The number of rotatable bonds is 6. The third kappa shape index (κ3) is 7.28. The number of phenolic OH excluding ortho intramolecular Hbond substituents is 1. The Kier molecular flexibility index (Phi) is 8.95. The van der Waals surface area contributed by atoms with E-state index in [4.69, 9.17) is 26.4 Å². The maximum absolute atomic E-state index is 13.6. The molecular formula is C25H37N3O6S. The van der Waals surface area contributed by atoms with E-state index in [0.717, 1.165) is 24.8 Å². The number of carbonyl (C=O) groups excluding carboxylic acids is 2. The van der Waals surface area contributed by atoms with Crippen molar-refractivity contribution >= 4 is 40.6 Å². The molecule has 0 aliphatic carbocycles. The number of phenols is 1. The third-order valence-electron chi connectivity index (χ3n) is 5.85. The van der Waals surface area contributed by atoms with Crippen molar-refractivity contribution in [2.75, 3.05) is 44.1 Å². The van der Waals surface area contributed by atoms with Gasteiger partial charge in [-0.1, -0.05) is 0 Å². The molecule has 9 nitrogen and oxygen atoms in total. The molecule has 0 radical (unpaired) electrons. The molecule has 1 saturated heterocycles. The van der Waals surface area contributed by atoms with Gasteiger partial charge in [0.05, 0.1) is 18.0 Å². The van der Waals surface area contributed by atoms with Crippen molar-refractivity contribution < 1.29 is 28.9 Å². The molecule has 0 bridgehead atoms. The summed E-state index contributed by atoms with van der Waals surface area (Å²) in [4.78, 5) is 29.8. The predicted octanol–water partition coefficient (Wildman–Crippen LogP) is 3.43. The number of amides is 1. The molecule has 10 heteroatoms. The summed E-state index contributed by atoms with van der Waals surface area (Å²) >= 11 is 5.32. The molecule has 1 amide bonds. The lowest BCUT2D eigenvalue weighted by molar-refractivity contribution is -0.164. The Hall–Kier alpha value is -2.43. The monoisotopic (exact) mass is 507 g/mol. The highest BCUT2D eigenvalue weighted by atomic mass is 32.1. The van der Waals surface area contributed by atoms with Gasteiger partial charge in [0.2, 0.25) is 5.91 Å². The van der Waals surface area contributed by atoms with Gasteiger partial charge in [0, 0.05) is 33.3 Å². The van der Waals surface area contributed by atoms with Gasteiger partial charge in [-0.2, -0.15) is 0 Å². The van der Waals surface area contributed by atoms with E-state index in [1.807, 2.05) is 0 Å². The average molecular weight is 508 g/mol. The number of nitrogens with zero attached hydrogens (tertiary/aromatic N) is 2. The summed E-state index contributed by atoms with van der Waals surface area (Å²) in [5.74, 6) is -1.91. The van der Waals surface area contributed by atoms with Crippen molar-refractivity contribution in [2.24, 2.45) is 5.92 Å². The molecule has 1 aromatic carbocycles. The molecule has 0 aromatic heterocycles. The highest BCUT2D eigenvalue weighted by molar-refractivity contribution is 7.80. The van der Waals surface area contributed by atoms with Crippen LogP contribution in [0.1, 0.15) is 52.0 Å². The van der Waals surface area contributed by atoms with Gasteiger partial charge in [0.1, 0.15) is 17.3 Å². The Bertz CT molecular complexity index is 940. The predicted molar refractivity (Wildman–Crippen MR) is 138 cm³/mol. The van der Waals surface area contributed by atoms with Crippen molar-refractivity contribution in [1.82, 2.24) is 4.90 Å². The van der Waals surface area contributed by atoms with Gasteiger partial charge in [-0.15, -0.1) is 0 Å². The number of aromatic hydroxyl groups is 1. The quantitative estimate of drug-likeness (QED) is 0.260. The minimum absolute atomic E-state index is 0.0435. The number of esters is 1. The van der Waals surface area contributed by atoms with Crippen LogP contribution in [0.15, 0.2) is 12.1 Å². The number of ether oxygens (including phenoxy) is 3. The molecule has 2 unspecified atom stereocenters. The molecule has 0 saturated carbocycles. The lowest BCUT2D eigenvalue weighted by Crippen LogP contribution is -2.43. The normalized spacial score (nSPS) is 20.6. The summed E-state index contributed by atoms with van der Waals surface area (Å²) < 4.78 is 17.1. The Balaban J connectivity index is 1.87. The molecule has 2 heterocycles. The summed E-state index contributed by atoms with van der Waals surface area (Å²) in [7, 11) is 3.61. The standard InChI is InChI=1S/C25H37N3O6S/c1-25(2,3)34-23(31)17-10-9-16-14-18(26-24(35)27(4)5)20(29)15-19(16)28(22(17)30)11-13-33-21-8-6-7-12-32-21/h14-15,17,21,29H,6-13H2,1-5H3,(H,26,35). The molecule has 2 atom stereocenters. The van der Waals surface area contributed by atoms with Crippen molar-refractivity contribution in [3.05, 3.63) is 17.7 Å². The number of hydrogen-bond acceptors (Lipinski definition) is 7. The van der Waals surface area contributed by atoms with Gasteiger partial charge in [0.25, 0.3) is 0 Å². The largest absolute Gasteiger partial charge is 0.506 e. The summed E-state index contributed by atoms with van der Waals surface area (Å²) in [5, 5.41) is 14.2. The molecule has 2 aliphatic heterocycles. The first-order chi connectivity index (χ1) is 16.5. The van der Waals surface area contributed by atoms with Crippen LogP contribution in [0.3, 0.4) is 0 Å². The van der Waals surface area contributed by atoms with E-state index in [-0.39, 0.29) is 31.1 Å². The summed E-state index contributed by atoms with van der Waals surface area (Å²) in [5.41, 5.74) is 1.10. The van der Waals surface area contributed by atoms with E-state index in [1.165, 1.54) is 4.90 Å². The molecule has 1 aromatic rings. The second kappa shape index (κ2) is 11.5. The Morgan fingerprint density at radius 2 is 2.03 bits per heavy atom. The zero-order valence-corrected chi connectivity index (χ0v) is 22.1. The van der Waals surface area contributed by atoms with Gasteiger partial charge in [-0.3, -0.25) is 9.59 Å². The van der Waals surface area contributed by atoms with Crippen molar-refractivity contribution in [3.8, 4) is 5.75 Å². The van der Waals surface area contributed by atoms with Crippen molar-refractivity contribution in [1.29, 1.82) is 0 Å². The van der Waals surface area contributed by atoms with Crippen LogP contribution in [0, 0.1) is 5.92 Å². The van der Waals surface area contributed by atoms with Crippen LogP contribution in [0.5, 0.6) is 5.75 Å². The van der Waals surface area contributed by atoms with Crippen LogP contribution in [-0.4, -0.2) is 72.7 Å². The summed E-state index contributed by atoms with van der Waals surface area (Å²) in [6.45, 7) is 6.45. The van der Waals surface area contributed by atoms with Crippen LogP contribution < -0.4 is 10.2 Å². The minimum Gasteiger partial charge on any atom is -0.506 e. The second-order valence-electron chi connectivity index (χ2n) is 10.1. The van der Waals surface area contributed by atoms with E-state index < -0.39 is 17.5 Å². The average Bonchev–Trinajstić information content (AvgIpc) is 2.90. The van der Waals surface area contributed by atoms with Crippen molar-refractivity contribution in [3.63, 3.8) is 0 Å². The van der Waals surface area contributed by atoms with Crippen LogP contribution >= 0.6 is 12.2 Å². The number of thiocarbonyl (C=S) groups is 1. The van der Waals surface area contributed by atoms with Crippen LogP contribution in [0.2, 0.25) is 0 Å². The van der Waals surface area contributed by atoms with Crippen LogP contribution in [-0.2, 0) is 30.2 Å². The van der Waals surface area contributed by atoms with Crippen molar-refractivity contribution in [2.45, 2.75) is 64.8 Å². The first-order valence-electron chi connectivity index (χ1n) is 12.1. The summed E-state index contributed by atoms with van der Waals surface area (Å²) in [6, 6.07) is 3.33. The van der Waals surface area contributed by atoms with E-state index in [0.29, 0.717) is 35.9 Å². The lowest BCUT2D eigenvalue weighted by atomic mass is 9.99. The zero-order valence-electron chi connectivity index (χ0n) is 21.3. The Morgan fingerprint density at radius 3 is 2.66 bits per heavy atom. The fourth-order valence-electron chi connectivity index (χ4n) is 4.07. The number of aryl methyl sites for hydroxylation is 1. The number of hydrogen-bond donors (Lipinski definition) is 2. The molecule has 194 valence electrons. The fraction of sp³-hybridized carbons (Fsp3) is 0.640. The smallest absolute Gasteiger partial charge is 0.319 e. The lowest BCUT2D eigenvalue weighted by Gasteiger charge is -2.29. The molecular weight excluding hydrogens is 470 g/mol. The van der Waals surface area contributed by atoms with Gasteiger partial charge in [-0.25, -0.2) is 0 Å². The molecule has 3 rings (SSSR count). The molecule has 0 spiro atoms. The van der Waals surface area contributed by atoms with E-state index in [1.54, 1.807) is 51.9 Å². The van der Waals surface area contributed by atoms with Gasteiger partial charge >= 0.3 is 5.97 Å². The van der Waals surface area contributed by atoms with E-state index >= 15 is 0 Å². The first kappa shape index (κ1) is 27.2. The zero-order chi connectivity index (χ0) is 25.8. The highest BCUT2D eigenvalue weighted by Crippen LogP contribution is 2.37. The highest BCUT2D eigenvalue weighted by Gasteiger charge is 2.38. The van der Waals surface area contributed by atoms with Gasteiger partial charge in [-0.05, 0) is 76.7 Å². The molecule has 35 heavy (non-hydrogen) atoms. The van der Waals surface area contributed by atoms with E-state index in [2.05, 4.69) is 5.32 Å². The SMILES string of the molecule is CN(C)C(=S)Nc1cc2c(cc1O)N(CCOC1CCCCO1)C(=O)C(C(=O)OC(C)(C)C)CC2. The maximum Gasteiger partial charge on any atom is 0.319 e. The van der Waals surface area contributed by atoms with Crippen LogP contribution in [0.25, 0.3) is 0 Å². The van der Waals surface area contributed by atoms with Gasteiger partial charge in [0.15, 0.2) is 11.4 Å². The third-order valence-corrected chi connectivity index (χ3v) is 6.32. The number of benzene rings is 1. The van der Waals surface area contributed by atoms with Crippen LogP contribution in [0.4, 0.5) is 11.4 Å². The van der Waals surface area contributed by atoms with E-state index in [9.17, 15) is 14.7 Å². The molecule has 2 N–H and O–H groups in total.